The number of hydrogen-bond acceptors (Lipinski definition) is 2. The summed E-state index contributed by atoms with van der Waals surface area (Å²) in [5.41, 5.74) is 6.03. The van der Waals surface area contributed by atoms with Gasteiger partial charge in [0, 0.05) is 42.3 Å². The first-order valence-electron chi connectivity index (χ1n) is 10.0. The first-order valence-corrected chi connectivity index (χ1v) is 10.0. The number of carbonyl (C=O) groups excluding carboxylic acids is 1. The molecule has 0 atom stereocenters. The van der Waals surface area contributed by atoms with Crippen LogP contribution in [0.25, 0.3) is 22.0 Å². The molecule has 27 heavy (non-hydrogen) atoms. The van der Waals surface area contributed by atoms with Crippen LogP contribution in [-0.4, -0.2) is 35.0 Å². The summed E-state index contributed by atoms with van der Waals surface area (Å²) in [6.07, 6.45) is 6.28. The lowest BCUT2D eigenvalue weighted by molar-refractivity contribution is -0.116. The summed E-state index contributed by atoms with van der Waals surface area (Å²) >= 11 is 0. The van der Waals surface area contributed by atoms with Crippen molar-refractivity contribution in [3.63, 3.8) is 0 Å². The number of nitrogens with zero attached hydrogens (tertiary/aromatic N) is 2. The van der Waals surface area contributed by atoms with Gasteiger partial charge in [-0.15, -0.1) is 0 Å². The highest BCUT2D eigenvalue weighted by Crippen LogP contribution is 2.36. The summed E-state index contributed by atoms with van der Waals surface area (Å²) < 4.78 is 2.38. The highest BCUT2D eigenvalue weighted by molar-refractivity contribution is 6.00. The second kappa shape index (κ2) is 6.86. The normalized spacial score (nSPS) is 17.3. The van der Waals surface area contributed by atoms with Crippen molar-refractivity contribution in [1.82, 2.24) is 9.47 Å². The highest BCUT2D eigenvalue weighted by atomic mass is 16.1. The van der Waals surface area contributed by atoms with Crippen molar-refractivity contribution >= 4 is 22.5 Å². The minimum atomic E-state index is 0.117. The van der Waals surface area contributed by atoms with E-state index in [9.17, 15) is 4.79 Å². The van der Waals surface area contributed by atoms with Crippen LogP contribution in [0.3, 0.4) is 0 Å². The predicted molar refractivity (Wildman–Crippen MR) is 110 cm³/mol. The van der Waals surface area contributed by atoms with Crippen molar-refractivity contribution < 1.29 is 4.79 Å². The fraction of sp³-hybridized carbons (Fsp3) is 0.348. The minimum absolute atomic E-state index is 0.117. The second-order valence-electron chi connectivity index (χ2n) is 7.68. The molecule has 2 aliphatic heterocycles. The number of rotatable bonds is 4. The molecule has 5 rings (SSSR count). The van der Waals surface area contributed by atoms with Gasteiger partial charge < -0.3 is 14.8 Å². The summed E-state index contributed by atoms with van der Waals surface area (Å²) in [7, 11) is 0. The molecule has 0 saturated carbocycles. The predicted octanol–water partition coefficient (Wildman–Crippen LogP) is 4.29. The van der Waals surface area contributed by atoms with Crippen molar-refractivity contribution in [2.45, 2.75) is 32.2 Å². The first kappa shape index (κ1) is 16.6. The number of amides is 1. The summed E-state index contributed by atoms with van der Waals surface area (Å²) in [5, 5.41) is 4.32. The third-order valence-electron chi connectivity index (χ3n) is 6.01. The molecule has 138 valence electrons. The van der Waals surface area contributed by atoms with Gasteiger partial charge in [-0.3, -0.25) is 4.79 Å². The van der Waals surface area contributed by atoms with Crippen molar-refractivity contribution in [3.8, 4) is 11.1 Å². The van der Waals surface area contributed by atoms with Crippen LogP contribution in [0.2, 0.25) is 0 Å². The molecule has 3 heterocycles. The maximum Gasteiger partial charge on any atom is 0.224 e. The molecule has 1 saturated heterocycles. The van der Waals surface area contributed by atoms with Crippen LogP contribution in [0, 0.1) is 0 Å². The van der Waals surface area contributed by atoms with E-state index in [4.69, 9.17) is 0 Å². The summed E-state index contributed by atoms with van der Waals surface area (Å²) in [4.78, 5) is 14.3. The van der Waals surface area contributed by atoms with E-state index in [0.29, 0.717) is 6.42 Å². The van der Waals surface area contributed by atoms with Crippen LogP contribution < -0.4 is 5.32 Å². The topological polar surface area (TPSA) is 37.3 Å². The van der Waals surface area contributed by atoms with Gasteiger partial charge >= 0.3 is 0 Å². The van der Waals surface area contributed by atoms with E-state index < -0.39 is 0 Å². The molecule has 0 bridgehead atoms. The van der Waals surface area contributed by atoms with E-state index in [1.165, 1.54) is 53.5 Å². The van der Waals surface area contributed by atoms with E-state index in [2.05, 4.69) is 51.3 Å². The zero-order valence-corrected chi connectivity index (χ0v) is 15.6. The fourth-order valence-corrected chi connectivity index (χ4v) is 4.59. The van der Waals surface area contributed by atoms with Crippen molar-refractivity contribution in [2.75, 3.05) is 25.0 Å². The lowest BCUT2D eigenvalue weighted by atomic mass is 9.91. The van der Waals surface area contributed by atoms with Crippen LogP contribution in [0.15, 0.2) is 48.7 Å². The average Bonchev–Trinajstić information content (AvgIpc) is 3.35. The zero-order chi connectivity index (χ0) is 18.2. The Kier molecular flexibility index (Phi) is 4.21. The van der Waals surface area contributed by atoms with Gasteiger partial charge in [0.05, 0.1) is 0 Å². The van der Waals surface area contributed by atoms with Crippen LogP contribution in [-0.2, 0) is 17.8 Å². The monoisotopic (exact) mass is 359 g/mol. The molecule has 0 unspecified atom stereocenters. The quantitative estimate of drug-likeness (QED) is 0.754. The van der Waals surface area contributed by atoms with E-state index >= 15 is 0 Å². The summed E-state index contributed by atoms with van der Waals surface area (Å²) in [6.45, 7) is 4.65. The van der Waals surface area contributed by atoms with Gasteiger partial charge in [-0.2, -0.15) is 0 Å². The van der Waals surface area contributed by atoms with Gasteiger partial charge in [0.15, 0.2) is 0 Å². The summed E-state index contributed by atoms with van der Waals surface area (Å²) in [6, 6.07) is 15.1. The Morgan fingerprint density at radius 1 is 0.889 bits per heavy atom. The standard InChI is InChI=1S/C23H25N3O/c27-23-10-9-19-17(5-3-7-21(19)24-23)18-6-4-8-22-20(18)11-14-26(22)16-15-25-12-1-2-13-25/h3-8,11,14H,1-2,9-10,12-13,15-16H2,(H,24,27). The zero-order valence-electron chi connectivity index (χ0n) is 15.6. The van der Waals surface area contributed by atoms with Gasteiger partial charge in [0.1, 0.15) is 0 Å². The maximum atomic E-state index is 11.8. The lowest BCUT2D eigenvalue weighted by Gasteiger charge is -2.20. The Labute approximate surface area is 159 Å². The van der Waals surface area contributed by atoms with Crippen LogP contribution in [0.5, 0.6) is 0 Å². The molecule has 1 N–H and O–H groups in total. The molecule has 3 aromatic rings. The van der Waals surface area contributed by atoms with Crippen LogP contribution in [0.4, 0.5) is 5.69 Å². The number of nitrogens with one attached hydrogen (secondary N) is 1. The highest BCUT2D eigenvalue weighted by Gasteiger charge is 2.19. The Hall–Kier alpha value is -2.59. The molecular formula is C23H25N3O. The molecule has 1 amide bonds. The third kappa shape index (κ3) is 3.04. The molecule has 2 aromatic carbocycles. The fourth-order valence-electron chi connectivity index (χ4n) is 4.59. The molecule has 4 heteroatoms. The lowest BCUT2D eigenvalue weighted by Crippen LogP contribution is -2.23. The molecule has 4 nitrogen and oxygen atoms in total. The third-order valence-corrected chi connectivity index (χ3v) is 6.01. The largest absolute Gasteiger partial charge is 0.346 e. The van der Waals surface area contributed by atoms with Crippen LogP contribution >= 0.6 is 0 Å². The first-order chi connectivity index (χ1) is 13.3. The number of fused-ring (bicyclic) bond motifs is 2. The molecular weight excluding hydrogens is 334 g/mol. The van der Waals surface area contributed by atoms with E-state index in [1.54, 1.807) is 0 Å². The Morgan fingerprint density at radius 3 is 2.59 bits per heavy atom. The minimum Gasteiger partial charge on any atom is -0.346 e. The Morgan fingerprint density at radius 2 is 1.70 bits per heavy atom. The van der Waals surface area contributed by atoms with E-state index in [1.807, 2.05) is 12.1 Å². The van der Waals surface area contributed by atoms with Gasteiger partial charge in [0.2, 0.25) is 5.91 Å². The number of anilines is 1. The number of benzene rings is 2. The number of hydrogen-bond donors (Lipinski definition) is 1. The molecule has 0 aliphatic carbocycles. The van der Waals surface area contributed by atoms with E-state index in [0.717, 1.165) is 25.2 Å². The average molecular weight is 359 g/mol. The Balaban J connectivity index is 1.51. The van der Waals surface area contributed by atoms with E-state index in [-0.39, 0.29) is 5.91 Å². The van der Waals surface area contributed by atoms with Gasteiger partial charge in [-0.05, 0) is 67.2 Å². The molecule has 1 fully saturated rings. The van der Waals surface area contributed by atoms with Gasteiger partial charge in [-0.1, -0.05) is 24.3 Å². The van der Waals surface area contributed by atoms with Gasteiger partial charge in [-0.25, -0.2) is 0 Å². The molecule has 0 radical (unpaired) electrons. The van der Waals surface area contributed by atoms with Crippen molar-refractivity contribution in [2.24, 2.45) is 0 Å². The van der Waals surface area contributed by atoms with Crippen molar-refractivity contribution in [1.29, 1.82) is 0 Å². The van der Waals surface area contributed by atoms with Crippen LogP contribution in [0.1, 0.15) is 24.8 Å². The molecule has 2 aliphatic rings. The molecule has 1 aromatic heterocycles. The number of aromatic nitrogens is 1. The second-order valence-corrected chi connectivity index (χ2v) is 7.68. The molecule has 0 spiro atoms. The van der Waals surface area contributed by atoms with Gasteiger partial charge in [0.25, 0.3) is 0 Å². The SMILES string of the molecule is O=C1CCc2c(cccc2-c2cccc3c2ccn3CCN2CCCC2)N1. The maximum absolute atomic E-state index is 11.8. The smallest absolute Gasteiger partial charge is 0.224 e. The number of carbonyl (C=O) groups is 1. The van der Waals surface area contributed by atoms with Crippen molar-refractivity contribution in [3.05, 3.63) is 54.2 Å². The number of likely N-dealkylation sites (tertiary alicyclic amines) is 1. The Bertz CT molecular complexity index is 998. The summed E-state index contributed by atoms with van der Waals surface area (Å²) in [5.74, 6) is 0.117.